The van der Waals surface area contributed by atoms with Gasteiger partial charge in [0.15, 0.2) is 11.5 Å². The second kappa shape index (κ2) is 7.96. The van der Waals surface area contributed by atoms with Crippen LogP contribution in [-0.2, 0) is 9.59 Å². The lowest BCUT2D eigenvalue weighted by molar-refractivity contribution is -0.147. The van der Waals surface area contributed by atoms with Crippen molar-refractivity contribution in [3.8, 4) is 11.5 Å². The SMILES string of the molecule is O=C(O)[C@@H](c1c[nH]c2ccccc12)N1CCN(C(=O)[C@H]2COc3ccccc3O2)CC1. The number of fused-ring (bicyclic) bond motifs is 2. The first-order valence-electron chi connectivity index (χ1n) is 10.3. The van der Waals surface area contributed by atoms with Crippen LogP contribution in [0, 0.1) is 0 Å². The van der Waals surface area contributed by atoms with Gasteiger partial charge in [-0.25, -0.2) is 0 Å². The third-order valence-corrected chi connectivity index (χ3v) is 5.92. The van der Waals surface area contributed by atoms with Crippen LogP contribution < -0.4 is 9.47 Å². The number of carboxylic acid groups (broad SMARTS) is 1. The summed E-state index contributed by atoms with van der Waals surface area (Å²) in [6, 6.07) is 14.2. The highest BCUT2D eigenvalue weighted by Crippen LogP contribution is 2.32. The minimum absolute atomic E-state index is 0.131. The maximum Gasteiger partial charge on any atom is 0.325 e. The molecular weight excluding hydrogens is 398 g/mol. The van der Waals surface area contributed by atoms with Crippen LogP contribution in [0.15, 0.2) is 54.7 Å². The first-order chi connectivity index (χ1) is 15.1. The highest BCUT2D eigenvalue weighted by Gasteiger charge is 2.36. The van der Waals surface area contributed by atoms with Crippen LogP contribution >= 0.6 is 0 Å². The van der Waals surface area contributed by atoms with Crippen LogP contribution in [0.25, 0.3) is 10.9 Å². The Labute approximate surface area is 179 Å². The molecule has 2 aromatic carbocycles. The van der Waals surface area contributed by atoms with E-state index in [-0.39, 0.29) is 12.5 Å². The fourth-order valence-corrected chi connectivity index (χ4v) is 4.35. The van der Waals surface area contributed by atoms with E-state index in [2.05, 4.69) is 4.98 Å². The van der Waals surface area contributed by atoms with Crippen LogP contribution in [0.2, 0.25) is 0 Å². The van der Waals surface area contributed by atoms with Gasteiger partial charge in [-0.05, 0) is 18.2 Å². The van der Waals surface area contributed by atoms with E-state index in [1.807, 2.05) is 47.4 Å². The predicted octanol–water partition coefficient (Wildman–Crippen LogP) is 2.28. The van der Waals surface area contributed by atoms with Crippen molar-refractivity contribution in [1.29, 1.82) is 0 Å². The number of para-hydroxylation sites is 3. The first kappa shape index (κ1) is 19.4. The average Bonchev–Trinajstić information content (AvgIpc) is 3.22. The Morgan fingerprint density at radius 3 is 2.48 bits per heavy atom. The fourth-order valence-electron chi connectivity index (χ4n) is 4.35. The normalized spacial score (nSPS) is 19.9. The van der Waals surface area contributed by atoms with Gasteiger partial charge in [-0.1, -0.05) is 30.3 Å². The Hall–Kier alpha value is -3.52. The molecule has 5 rings (SSSR count). The molecule has 1 amide bonds. The summed E-state index contributed by atoms with van der Waals surface area (Å²) in [5.41, 5.74) is 1.65. The minimum Gasteiger partial charge on any atom is -0.485 e. The molecule has 1 fully saturated rings. The lowest BCUT2D eigenvalue weighted by Crippen LogP contribution is -2.55. The number of hydrogen-bond donors (Lipinski definition) is 2. The van der Waals surface area contributed by atoms with E-state index < -0.39 is 18.1 Å². The summed E-state index contributed by atoms with van der Waals surface area (Å²) in [4.78, 5) is 31.9. The number of ether oxygens (including phenoxy) is 2. The molecule has 160 valence electrons. The van der Waals surface area contributed by atoms with Gasteiger partial charge in [0, 0.05) is 48.8 Å². The number of rotatable bonds is 4. The zero-order valence-corrected chi connectivity index (χ0v) is 16.9. The third-order valence-electron chi connectivity index (χ3n) is 5.92. The number of aliphatic carboxylic acids is 1. The monoisotopic (exact) mass is 421 g/mol. The summed E-state index contributed by atoms with van der Waals surface area (Å²) in [5, 5.41) is 10.9. The van der Waals surface area contributed by atoms with E-state index in [1.165, 1.54) is 0 Å². The number of hydrogen-bond acceptors (Lipinski definition) is 5. The molecule has 2 aliphatic rings. The quantitative estimate of drug-likeness (QED) is 0.671. The molecule has 8 heteroatoms. The zero-order chi connectivity index (χ0) is 21.4. The summed E-state index contributed by atoms with van der Waals surface area (Å²) in [5.74, 6) is 0.175. The van der Waals surface area contributed by atoms with E-state index in [1.54, 1.807) is 17.2 Å². The second-order valence-electron chi connectivity index (χ2n) is 7.76. The Morgan fingerprint density at radius 2 is 1.71 bits per heavy atom. The summed E-state index contributed by atoms with van der Waals surface area (Å²) < 4.78 is 11.5. The molecule has 0 radical (unpaired) electrons. The fraction of sp³-hybridized carbons (Fsp3) is 0.304. The van der Waals surface area contributed by atoms with Crippen molar-refractivity contribution < 1.29 is 24.2 Å². The number of nitrogens with one attached hydrogen (secondary N) is 1. The molecule has 2 aliphatic heterocycles. The van der Waals surface area contributed by atoms with Gasteiger partial charge in [-0.15, -0.1) is 0 Å². The van der Waals surface area contributed by atoms with Crippen molar-refractivity contribution >= 4 is 22.8 Å². The van der Waals surface area contributed by atoms with E-state index >= 15 is 0 Å². The lowest BCUT2D eigenvalue weighted by atomic mass is 10.0. The van der Waals surface area contributed by atoms with Gasteiger partial charge >= 0.3 is 5.97 Å². The number of amides is 1. The van der Waals surface area contributed by atoms with Gasteiger partial charge in [0.2, 0.25) is 6.10 Å². The highest BCUT2D eigenvalue weighted by atomic mass is 16.6. The number of carboxylic acids is 1. The van der Waals surface area contributed by atoms with Gasteiger partial charge in [-0.3, -0.25) is 14.5 Å². The molecular formula is C23H23N3O5. The Morgan fingerprint density at radius 1 is 1.00 bits per heavy atom. The van der Waals surface area contributed by atoms with Crippen LogP contribution in [0.1, 0.15) is 11.6 Å². The molecule has 3 heterocycles. The van der Waals surface area contributed by atoms with E-state index in [0.717, 1.165) is 16.5 Å². The molecule has 0 saturated carbocycles. The molecule has 1 aromatic heterocycles. The van der Waals surface area contributed by atoms with Gasteiger partial charge < -0.3 is 24.5 Å². The Kier molecular flexibility index (Phi) is 4.99. The van der Waals surface area contributed by atoms with Crippen LogP contribution in [0.4, 0.5) is 0 Å². The molecule has 1 saturated heterocycles. The van der Waals surface area contributed by atoms with E-state index in [0.29, 0.717) is 37.7 Å². The van der Waals surface area contributed by atoms with Crippen molar-refractivity contribution in [2.45, 2.75) is 12.1 Å². The highest BCUT2D eigenvalue weighted by molar-refractivity contribution is 5.89. The number of carbonyl (C=O) groups is 2. The van der Waals surface area contributed by atoms with Gasteiger partial charge in [0.1, 0.15) is 12.6 Å². The van der Waals surface area contributed by atoms with Crippen LogP contribution in [0.5, 0.6) is 11.5 Å². The van der Waals surface area contributed by atoms with Crippen LogP contribution in [0.3, 0.4) is 0 Å². The zero-order valence-electron chi connectivity index (χ0n) is 16.9. The number of H-pyrrole nitrogens is 1. The van der Waals surface area contributed by atoms with E-state index in [4.69, 9.17) is 9.47 Å². The minimum atomic E-state index is -0.898. The summed E-state index contributed by atoms with van der Waals surface area (Å²) in [7, 11) is 0. The standard InChI is InChI=1S/C23H23N3O5/c27-22(20-14-30-18-7-3-4-8-19(18)31-20)26-11-9-25(10-12-26)21(23(28)29)16-13-24-17-6-2-1-5-15(16)17/h1-8,13,20-21,24H,9-12,14H2,(H,28,29)/t20-,21-/m1/s1. The molecule has 2 N–H and O–H groups in total. The summed E-state index contributed by atoms with van der Waals surface area (Å²) >= 11 is 0. The Bertz CT molecular complexity index is 1120. The maximum absolute atomic E-state index is 13.0. The van der Waals surface area contributed by atoms with Crippen molar-refractivity contribution in [2.24, 2.45) is 0 Å². The lowest BCUT2D eigenvalue weighted by Gasteiger charge is -2.39. The molecule has 3 aromatic rings. The smallest absolute Gasteiger partial charge is 0.325 e. The van der Waals surface area contributed by atoms with Crippen molar-refractivity contribution in [2.75, 3.05) is 32.8 Å². The largest absolute Gasteiger partial charge is 0.485 e. The van der Waals surface area contributed by atoms with Gasteiger partial charge in [0.25, 0.3) is 5.91 Å². The first-order valence-corrected chi connectivity index (χ1v) is 10.3. The van der Waals surface area contributed by atoms with Crippen LogP contribution in [-0.4, -0.2) is 70.7 Å². The number of benzene rings is 2. The van der Waals surface area contributed by atoms with Crippen molar-refractivity contribution in [1.82, 2.24) is 14.8 Å². The summed E-state index contributed by atoms with van der Waals surface area (Å²) in [6.45, 7) is 1.97. The molecule has 0 spiro atoms. The van der Waals surface area contributed by atoms with Gasteiger partial charge in [-0.2, -0.15) is 0 Å². The third kappa shape index (κ3) is 3.59. The average molecular weight is 421 g/mol. The predicted molar refractivity (Wildman–Crippen MR) is 113 cm³/mol. The number of aromatic amines is 1. The molecule has 0 unspecified atom stereocenters. The second-order valence-corrected chi connectivity index (χ2v) is 7.76. The number of piperazine rings is 1. The van der Waals surface area contributed by atoms with Crippen molar-refractivity contribution in [3.63, 3.8) is 0 Å². The molecule has 2 atom stereocenters. The number of carbonyl (C=O) groups excluding carboxylic acids is 1. The van der Waals surface area contributed by atoms with E-state index in [9.17, 15) is 14.7 Å². The topological polar surface area (TPSA) is 95.1 Å². The van der Waals surface area contributed by atoms with Crippen molar-refractivity contribution in [3.05, 3.63) is 60.3 Å². The molecule has 31 heavy (non-hydrogen) atoms. The summed E-state index contributed by atoms with van der Waals surface area (Å²) in [6.07, 6.45) is 1.08. The van der Waals surface area contributed by atoms with Gasteiger partial charge in [0.05, 0.1) is 0 Å². The molecule has 0 aliphatic carbocycles. The number of nitrogens with zero attached hydrogens (tertiary/aromatic N) is 2. The molecule has 0 bridgehead atoms. The maximum atomic E-state index is 13.0. The molecule has 8 nitrogen and oxygen atoms in total. The Balaban J connectivity index is 1.27. The number of aromatic nitrogens is 1.